The molecule has 0 saturated carbocycles. The molecule has 1 heterocycles. The molecule has 4 aromatic rings. The zero-order valence-electron chi connectivity index (χ0n) is 20.8. The summed E-state index contributed by atoms with van der Waals surface area (Å²) in [7, 11) is -3.36. The van der Waals surface area contributed by atoms with Crippen LogP contribution in [0, 0.1) is 0 Å². The second kappa shape index (κ2) is 11.6. The lowest BCUT2D eigenvalue weighted by Gasteiger charge is -2.15. The van der Waals surface area contributed by atoms with Crippen molar-refractivity contribution in [3.05, 3.63) is 89.2 Å². The van der Waals surface area contributed by atoms with Crippen LogP contribution in [0.25, 0.3) is 22.1 Å². The fourth-order valence-corrected chi connectivity index (χ4v) is 4.47. The summed E-state index contributed by atoms with van der Waals surface area (Å²) in [5.41, 5.74) is 11.8. The second-order valence-electron chi connectivity index (χ2n) is 8.69. The standard InChI is InChI=1S/C28H30N2O6S/c1-3-34-27(31)15-23-8-7-20(17-30-37(2,32)33)14-26(23)36-18-21-12-24-9-10-35-28(24)25(13-21)22-6-4-5-19(11-22)16-29/h4-14,30H,3,15-18,29H2,1-2H3. The monoisotopic (exact) mass is 522 g/mol. The molecule has 0 saturated heterocycles. The van der Waals surface area contributed by atoms with Crippen molar-refractivity contribution in [2.45, 2.75) is 33.0 Å². The van der Waals surface area contributed by atoms with Gasteiger partial charge in [0.25, 0.3) is 0 Å². The van der Waals surface area contributed by atoms with Crippen molar-refractivity contribution in [1.29, 1.82) is 0 Å². The number of hydrogen-bond acceptors (Lipinski definition) is 7. The van der Waals surface area contributed by atoms with Gasteiger partial charge in [0.2, 0.25) is 10.0 Å². The van der Waals surface area contributed by atoms with Crippen molar-refractivity contribution in [2.24, 2.45) is 5.73 Å². The van der Waals surface area contributed by atoms with Crippen molar-refractivity contribution in [2.75, 3.05) is 12.9 Å². The van der Waals surface area contributed by atoms with Crippen LogP contribution in [-0.4, -0.2) is 27.2 Å². The van der Waals surface area contributed by atoms with Gasteiger partial charge in [-0.2, -0.15) is 0 Å². The van der Waals surface area contributed by atoms with Crippen molar-refractivity contribution >= 4 is 27.0 Å². The Morgan fingerprint density at radius 3 is 2.62 bits per heavy atom. The summed E-state index contributed by atoms with van der Waals surface area (Å²) in [6, 6.07) is 19.2. The Morgan fingerprint density at radius 1 is 1.03 bits per heavy atom. The Kier molecular flexibility index (Phi) is 8.27. The number of rotatable bonds is 11. The molecule has 0 unspecified atom stereocenters. The second-order valence-corrected chi connectivity index (χ2v) is 10.5. The Bertz CT molecular complexity index is 1510. The molecule has 0 aliphatic carbocycles. The van der Waals surface area contributed by atoms with Gasteiger partial charge in [-0.05, 0) is 59.5 Å². The number of ether oxygens (including phenoxy) is 2. The average Bonchev–Trinajstić information content (AvgIpc) is 3.35. The number of nitrogens with one attached hydrogen (secondary N) is 1. The maximum atomic E-state index is 12.2. The Hall–Kier alpha value is -3.66. The Morgan fingerprint density at radius 2 is 1.86 bits per heavy atom. The third kappa shape index (κ3) is 6.97. The largest absolute Gasteiger partial charge is 0.489 e. The minimum atomic E-state index is -3.36. The summed E-state index contributed by atoms with van der Waals surface area (Å²) in [4.78, 5) is 12.2. The van der Waals surface area contributed by atoms with Gasteiger partial charge in [-0.25, -0.2) is 13.1 Å². The molecule has 4 rings (SSSR count). The summed E-state index contributed by atoms with van der Waals surface area (Å²) in [5, 5.41) is 0.937. The summed E-state index contributed by atoms with van der Waals surface area (Å²) in [5.74, 6) is 0.121. The highest BCUT2D eigenvalue weighted by atomic mass is 32.2. The molecule has 0 bridgehead atoms. The molecule has 0 atom stereocenters. The van der Waals surface area contributed by atoms with Gasteiger partial charge in [0.05, 0.1) is 25.5 Å². The number of benzene rings is 3. The smallest absolute Gasteiger partial charge is 0.310 e. The number of esters is 1. The first-order valence-corrected chi connectivity index (χ1v) is 13.8. The maximum absolute atomic E-state index is 12.2. The van der Waals surface area contributed by atoms with E-state index in [1.165, 1.54) is 0 Å². The zero-order chi connectivity index (χ0) is 26.4. The molecule has 9 heteroatoms. The minimum Gasteiger partial charge on any atom is -0.489 e. The predicted octanol–water partition coefficient (Wildman–Crippen LogP) is 4.29. The number of carbonyl (C=O) groups excluding carboxylic acids is 1. The predicted molar refractivity (Wildman–Crippen MR) is 142 cm³/mol. The Balaban J connectivity index is 1.64. The fourth-order valence-electron chi connectivity index (χ4n) is 4.04. The number of furan rings is 1. The first kappa shape index (κ1) is 26.4. The molecule has 0 spiro atoms. The highest BCUT2D eigenvalue weighted by Crippen LogP contribution is 2.32. The molecule has 0 aliphatic heterocycles. The number of nitrogens with two attached hydrogens (primary N) is 1. The van der Waals surface area contributed by atoms with Crippen molar-refractivity contribution in [3.8, 4) is 16.9 Å². The van der Waals surface area contributed by atoms with Gasteiger partial charge in [-0.15, -0.1) is 0 Å². The van der Waals surface area contributed by atoms with Crippen molar-refractivity contribution < 1.29 is 27.1 Å². The molecule has 0 amide bonds. The van der Waals surface area contributed by atoms with E-state index in [0.29, 0.717) is 23.4 Å². The maximum Gasteiger partial charge on any atom is 0.310 e. The van der Waals surface area contributed by atoms with Crippen LogP contribution in [0.2, 0.25) is 0 Å². The van der Waals surface area contributed by atoms with Gasteiger partial charge in [-0.3, -0.25) is 4.79 Å². The van der Waals surface area contributed by atoms with Crippen LogP contribution in [0.1, 0.15) is 29.2 Å². The molecule has 0 aliphatic rings. The summed E-state index contributed by atoms with van der Waals surface area (Å²) in [6.07, 6.45) is 2.80. The molecule has 3 N–H and O–H groups in total. The lowest BCUT2D eigenvalue weighted by molar-refractivity contribution is -0.142. The van der Waals surface area contributed by atoms with Gasteiger partial charge in [-0.1, -0.05) is 30.3 Å². The van der Waals surface area contributed by atoms with Crippen LogP contribution in [0.3, 0.4) is 0 Å². The van der Waals surface area contributed by atoms with E-state index in [1.807, 2.05) is 42.5 Å². The van der Waals surface area contributed by atoms with E-state index in [4.69, 9.17) is 19.6 Å². The van der Waals surface area contributed by atoms with Crippen molar-refractivity contribution in [3.63, 3.8) is 0 Å². The molecule has 3 aromatic carbocycles. The third-order valence-electron chi connectivity index (χ3n) is 5.79. The van der Waals surface area contributed by atoms with Gasteiger partial charge in [0.15, 0.2) is 0 Å². The first-order valence-electron chi connectivity index (χ1n) is 11.9. The summed E-state index contributed by atoms with van der Waals surface area (Å²) >= 11 is 0. The summed E-state index contributed by atoms with van der Waals surface area (Å²) < 4.78 is 42.6. The van der Waals surface area contributed by atoms with E-state index in [2.05, 4.69) is 4.72 Å². The average molecular weight is 523 g/mol. The molecule has 0 fully saturated rings. The van der Waals surface area contributed by atoms with E-state index in [-0.39, 0.29) is 32.1 Å². The lowest BCUT2D eigenvalue weighted by Crippen LogP contribution is -2.21. The topological polar surface area (TPSA) is 121 Å². The van der Waals surface area contributed by atoms with E-state index >= 15 is 0 Å². The SMILES string of the molecule is CCOC(=O)Cc1ccc(CNS(C)(=O)=O)cc1OCc1cc(-c2cccc(CN)c2)c2occc2c1. The number of hydrogen-bond donors (Lipinski definition) is 2. The fraction of sp³-hybridized carbons (Fsp3) is 0.250. The number of fused-ring (bicyclic) bond motifs is 1. The molecule has 1 aromatic heterocycles. The minimum absolute atomic E-state index is 0.0425. The van der Waals surface area contributed by atoms with Gasteiger partial charge in [0.1, 0.15) is 17.9 Å². The first-order chi connectivity index (χ1) is 17.8. The molecular weight excluding hydrogens is 492 g/mol. The van der Waals surface area contributed by atoms with Crippen LogP contribution in [0.5, 0.6) is 5.75 Å². The molecular formula is C28H30N2O6S. The van der Waals surface area contributed by atoms with Crippen LogP contribution < -0.4 is 15.2 Å². The van der Waals surface area contributed by atoms with Gasteiger partial charge < -0.3 is 19.6 Å². The van der Waals surface area contributed by atoms with E-state index in [0.717, 1.165) is 39.5 Å². The van der Waals surface area contributed by atoms with Crippen LogP contribution >= 0.6 is 0 Å². The Labute approximate surface area is 216 Å². The molecule has 194 valence electrons. The third-order valence-corrected chi connectivity index (χ3v) is 6.46. The van der Waals surface area contributed by atoms with Gasteiger partial charge in [0, 0.05) is 29.6 Å². The zero-order valence-corrected chi connectivity index (χ0v) is 21.6. The molecule has 0 radical (unpaired) electrons. The molecule has 37 heavy (non-hydrogen) atoms. The normalized spacial score (nSPS) is 11.5. The summed E-state index contributed by atoms with van der Waals surface area (Å²) in [6.45, 7) is 2.80. The highest BCUT2D eigenvalue weighted by Gasteiger charge is 2.14. The lowest BCUT2D eigenvalue weighted by atomic mass is 9.99. The van der Waals surface area contributed by atoms with E-state index in [1.54, 1.807) is 31.4 Å². The highest BCUT2D eigenvalue weighted by molar-refractivity contribution is 7.88. The van der Waals surface area contributed by atoms with Gasteiger partial charge >= 0.3 is 5.97 Å². The van der Waals surface area contributed by atoms with E-state index in [9.17, 15) is 13.2 Å². The quantitative estimate of drug-likeness (QED) is 0.282. The number of sulfonamides is 1. The molecule has 8 nitrogen and oxygen atoms in total. The van der Waals surface area contributed by atoms with Crippen LogP contribution in [0.4, 0.5) is 0 Å². The van der Waals surface area contributed by atoms with Crippen LogP contribution in [0.15, 0.2) is 71.3 Å². The van der Waals surface area contributed by atoms with E-state index < -0.39 is 10.0 Å². The van der Waals surface area contributed by atoms with Crippen molar-refractivity contribution in [1.82, 2.24) is 4.72 Å². The van der Waals surface area contributed by atoms with Crippen LogP contribution in [-0.2, 0) is 45.7 Å². The number of carbonyl (C=O) groups is 1.